The number of nitrogens with zero attached hydrogens (tertiary/aromatic N) is 1. The quantitative estimate of drug-likeness (QED) is 0.711. The molecule has 0 unspecified atom stereocenters. The van der Waals surface area contributed by atoms with Crippen LogP contribution in [0.4, 0.5) is 0 Å². The van der Waals surface area contributed by atoms with Crippen LogP contribution in [0.5, 0.6) is 5.75 Å². The number of rotatable bonds is 2. The van der Waals surface area contributed by atoms with Crippen molar-refractivity contribution >= 4 is 25.4 Å². The summed E-state index contributed by atoms with van der Waals surface area (Å²) in [6.07, 6.45) is 0. The molecule has 0 fully saturated rings. The number of esters is 1. The van der Waals surface area contributed by atoms with Crippen molar-refractivity contribution < 1.29 is 19.1 Å². The van der Waals surface area contributed by atoms with Crippen LogP contribution in [0.15, 0.2) is 48.5 Å². The van der Waals surface area contributed by atoms with E-state index in [1.165, 1.54) is 7.11 Å². The zero-order valence-electron chi connectivity index (χ0n) is 16.7. The van der Waals surface area contributed by atoms with Crippen LogP contribution in [0.1, 0.15) is 48.3 Å². The van der Waals surface area contributed by atoms with E-state index in [1.54, 1.807) is 12.1 Å². The van der Waals surface area contributed by atoms with E-state index in [2.05, 4.69) is 0 Å². The van der Waals surface area contributed by atoms with Gasteiger partial charge in [-0.25, -0.2) is 4.79 Å². The Morgan fingerprint density at radius 2 is 1.79 bits per heavy atom. The summed E-state index contributed by atoms with van der Waals surface area (Å²) < 4.78 is 10.8. The van der Waals surface area contributed by atoms with Gasteiger partial charge in [-0.3, -0.25) is 4.79 Å². The Balaban J connectivity index is 0.00000280. The zero-order chi connectivity index (χ0) is 19.6. The molecule has 0 aliphatic carbocycles. The van der Waals surface area contributed by atoms with Gasteiger partial charge in [0.05, 0.1) is 25.3 Å². The van der Waals surface area contributed by atoms with Gasteiger partial charge in [0, 0.05) is 11.0 Å². The highest BCUT2D eigenvalue weighted by Gasteiger charge is 2.35. The van der Waals surface area contributed by atoms with Crippen molar-refractivity contribution in [2.45, 2.75) is 33.4 Å². The van der Waals surface area contributed by atoms with Gasteiger partial charge < -0.3 is 14.4 Å². The number of hydrogen-bond acceptors (Lipinski definition) is 4. The maximum Gasteiger partial charge on any atom is 0.337 e. The molecule has 6 heteroatoms. The number of fused-ring (bicyclic) bond motifs is 1. The molecule has 28 heavy (non-hydrogen) atoms. The van der Waals surface area contributed by atoms with E-state index in [0.29, 0.717) is 24.5 Å². The summed E-state index contributed by atoms with van der Waals surface area (Å²) in [5.74, 6) is 0.265. The SMILES string of the molecule is COC(=O)c1ccc2c(c1)OC[C@H](c1ccccc1)N(C(=O)C(C)(C)C)C2.S. The van der Waals surface area contributed by atoms with E-state index in [-0.39, 0.29) is 25.4 Å². The van der Waals surface area contributed by atoms with Gasteiger partial charge in [0.1, 0.15) is 12.4 Å². The Labute approximate surface area is 173 Å². The summed E-state index contributed by atoms with van der Waals surface area (Å²) in [4.78, 5) is 26.9. The molecule has 0 saturated heterocycles. The second kappa shape index (κ2) is 8.69. The third-order valence-corrected chi connectivity index (χ3v) is 4.69. The van der Waals surface area contributed by atoms with Gasteiger partial charge in [-0.05, 0) is 17.7 Å². The molecule has 1 heterocycles. The highest BCUT2D eigenvalue weighted by Crippen LogP contribution is 2.35. The van der Waals surface area contributed by atoms with Crippen molar-refractivity contribution in [2.24, 2.45) is 5.41 Å². The predicted molar refractivity (Wildman–Crippen MR) is 113 cm³/mol. The smallest absolute Gasteiger partial charge is 0.337 e. The van der Waals surface area contributed by atoms with Crippen LogP contribution in [0.2, 0.25) is 0 Å². The summed E-state index contributed by atoms with van der Waals surface area (Å²) >= 11 is 0. The Morgan fingerprint density at radius 1 is 1.11 bits per heavy atom. The van der Waals surface area contributed by atoms with Crippen molar-refractivity contribution in [3.63, 3.8) is 0 Å². The van der Waals surface area contributed by atoms with E-state index in [1.807, 2.05) is 62.1 Å². The lowest BCUT2D eigenvalue weighted by atomic mass is 9.92. The topological polar surface area (TPSA) is 55.8 Å². The molecular weight excluding hydrogens is 374 g/mol. The lowest BCUT2D eigenvalue weighted by Crippen LogP contribution is -2.42. The van der Waals surface area contributed by atoms with Crippen LogP contribution in [-0.4, -0.2) is 30.5 Å². The standard InChI is InChI=1S/C22H25NO4.H2S/c1-22(2,3)21(25)23-13-17-11-10-16(20(24)26-4)12-19(17)27-14-18(23)15-8-6-5-7-9-15;/h5-12,18H,13-14H2,1-4H3;1H2/t18-;/m1./s1. The van der Waals surface area contributed by atoms with Crippen molar-refractivity contribution in [3.05, 3.63) is 65.2 Å². The summed E-state index contributed by atoms with van der Waals surface area (Å²) in [7, 11) is 1.35. The van der Waals surface area contributed by atoms with Crippen LogP contribution in [-0.2, 0) is 16.1 Å². The minimum atomic E-state index is -0.510. The normalized spacial score (nSPS) is 16.1. The molecule has 3 rings (SSSR count). The first-order valence-corrected chi connectivity index (χ1v) is 9.01. The Hall–Kier alpha value is -2.47. The molecule has 2 aromatic rings. The third-order valence-electron chi connectivity index (χ3n) is 4.69. The molecule has 1 aliphatic heterocycles. The van der Waals surface area contributed by atoms with E-state index in [0.717, 1.165) is 11.1 Å². The predicted octanol–water partition coefficient (Wildman–Crippen LogP) is 4.09. The van der Waals surface area contributed by atoms with Crippen molar-refractivity contribution in [1.29, 1.82) is 0 Å². The van der Waals surface area contributed by atoms with E-state index < -0.39 is 11.4 Å². The summed E-state index contributed by atoms with van der Waals surface area (Å²) in [5, 5.41) is 0. The van der Waals surface area contributed by atoms with E-state index in [9.17, 15) is 9.59 Å². The summed E-state index contributed by atoms with van der Waals surface area (Å²) in [6, 6.07) is 14.9. The number of benzene rings is 2. The molecule has 0 aromatic heterocycles. The minimum Gasteiger partial charge on any atom is -0.491 e. The van der Waals surface area contributed by atoms with Gasteiger partial charge in [-0.2, -0.15) is 13.5 Å². The second-order valence-electron chi connectivity index (χ2n) is 7.73. The summed E-state index contributed by atoms with van der Waals surface area (Å²) in [6.45, 7) is 6.51. The fraction of sp³-hybridized carbons (Fsp3) is 0.364. The molecule has 2 aromatic carbocycles. The van der Waals surface area contributed by atoms with Crippen LogP contribution in [0, 0.1) is 5.41 Å². The van der Waals surface area contributed by atoms with Crippen molar-refractivity contribution in [2.75, 3.05) is 13.7 Å². The van der Waals surface area contributed by atoms with Crippen molar-refractivity contribution in [3.8, 4) is 5.75 Å². The van der Waals surface area contributed by atoms with Crippen LogP contribution in [0.25, 0.3) is 0 Å². The largest absolute Gasteiger partial charge is 0.491 e. The average Bonchev–Trinajstić information content (AvgIpc) is 2.85. The van der Waals surface area contributed by atoms with Crippen LogP contribution >= 0.6 is 13.5 Å². The molecule has 0 radical (unpaired) electrons. The lowest BCUT2D eigenvalue weighted by molar-refractivity contribution is -0.143. The number of carbonyl (C=O) groups excluding carboxylic acids is 2. The second-order valence-corrected chi connectivity index (χ2v) is 7.73. The fourth-order valence-corrected chi connectivity index (χ4v) is 3.21. The molecule has 1 amide bonds. The van der Waals surface area contributed by atoms with Gasteiger partial charge in [0.2, 0.25) is 5.91 Å². The first-order chi connectivity index (χ1) is 12.8. The Bertz CT molecular complexity index is 845. The van der Waals surface area contributed by atoms with E-state index >= 15 is 0 Å². The third kappa shape index (κ3) is 4.50. The lowest BCUT2D eigenvalue weighted by Gasteiger charge is -2.34. The van der Waals surface area contributed by atoms with E-state index in [4.69, 9.17) is 9.47 Å². The summed E-state index contributed by atoms with van der Waals surface area (Å²) in [5.41, 5.74) is 1.82. The molecular formula is C22H27NO4S. The van der Waals surface area contributed by atoms with Crippen LogP contribution in [0.3, 0.4) is 0 Å². The number of ether oxygens (including phenoxy) is 2. The highest BCUT2D eigenvalue weighted by atomic mass is 32.1. The van der Waals surface area contributed by atoms with Crippen molar-refractivity contribution in [1.82, 2.24) is 4.90 Å². The number of methoxy groups -OCH3 is 1. The fourth-order valence-electron chi connectivity index (χ4n) is 3.21. The highest BCUT2D eigenvalue weighted by molar-refractivity contribution is 7.59. The van der Waals surface area contributed by atoms with Gasteiger partial charge in [-0.1, -0.05) is 57.2 Å². The number of amides is 1. The molecule has 0 N–H and O–H groups in total. The zero-order valence-corrected chi connectivity index (χ0v) is 17.7. The van der Waals surface area contributed by atoms with Gasteiger partial charge in [0.25, 0.3) is 0 Å². The van der Waals surface area contributed by atoms with Crippen LogP contribution < -0.4 is 4.74 Å². The maximum absolute atomic E-state index is 13.2. The minimum absolute atomic E-state index is 0. The number of carbonyl (C=O) groups is 2. The molecule has 150 valence electrons. The first kappa shape index (κ1) is 21.8. The molecule has 0 saturated carbocycles. The van der Waals surface area contributed by atoms with Gasteiger partial charge in [-0.15, -0.1) is 0 Å². The Kier molecular flexibility index (Phi) is 6.77. The van der Waals surface area contributed by atoms with Gasteiger partial charge >= 0.3 is 5.97 Å². The molecule has 0 bridgehead atoms. The molecule has 1 aliphatic rings. The molecule has 5 nitrogen and oxygen atoms in total. The Morgan fingerprint density at radius 3 is 2.39 bits per heavy atom. The molecule has 1 atom stereocenters. The van der Waals surface area contributed by atoms with Gasteiger partial charge in [0.15, 0.2) is 0 Å². The average molecular weight is 402 g/mol. The molecule has 0 spiro atoms. The monoisotopic (exact) mass is 401 g/mol. The first-order valence-electron chi connectivity index (χ1n) is 9.01. The number of hydrogen-bond donors (Lipinski definition) is 0. The maximum atomic E-state index is 13.2.